The molecule has 0 unspecified atom stereocenters. The number of anilines is 1. The number of hydrogen-bond donors (Lipinski definition) is 1. The Balaban J connectivity index is 1.59. The molecule has 0 radical (unpaired) electrons. The van der Waals surface area contributed by atoms with E-state index < -0.39 is 23.4 Å². The molecule has 1 N–H and O–H groups in total. The average molecular weight is 403 g/mol. The first-order valence-corrected chi connectivity index (χ1v) is 8.54. The molecule has 9 nitrogen and oxygen atoms in total. The molecule has 0 aliphatic carbocycles. The first-order valence-electron chi connectivity index (χ1n) is 8.16. The smallest absolute Gasteiger partial charge is 0.326 e. The number of nitro groups is 1. The predicted molar refractivity (Wildman–Crippen MR) is 102 cm³/mol. The summed E-state index contributed by atoms with van der Waals surface area (Å²) in [6.45, 7) is 1.15. The Morgan fingerprint density at radius 3 is 2.79 bits per heavy atom. The number of carbonyl (C=O) groups is 2. The zero-order valence-electron chi connectivity index (χ0n) is 14.7. The third kappa shape index (κ3) is 4.26. The summed E-state index contributed by atoms with van der Waals surface area (Å²) in [7, 11) is 0. The summed E-state index contributed by atoms with van der Waals surface area (Å²) in [6, 6.07) is 11.2. The van der Waals surface area contributed by atoms with E-state index in [0.717, 1.165) is 17.1 Å². The number of carbonyl (C=O) groups excluding carboxylic acids is 2. The van der Waals surface area contributed by atoms with E-state index >= 15 is 0 Å². The molecular formula is C18H15ClN4O5. The van der Waals surface area contributed by atoms with Crippen LogP contribution in [0.4, 0.5) is 11.4 Å². The zero-order valence-corrected chi connectivity index (χ0v) is 15.5. The number of esters is 1. The maximum Gasteiger partial charge on any atom is 0.326 e. The largest absolute Gasteiger partial charge is 0.454 e. The number of nitrogens with one attached hydrogen (secondary N) is 1. The molecule has 2 aromatic carbocycles. The fourth-order valence-electron chi connectivity index (χ4n) is 2.64. The topological polar surface area (TPSA) is 116 Å². The van der Waals surface area contributed by atoms with Gasteiger partial charge in [0.15, 0.2) is 6.61 Å². The van der Waals surface area contributed by atoms with Crippen molar-refractivity contribution in [2.24, 2.45) is 0 Å². The van der Waals surface area contributed by atoms with Crippen LogP contribution in [0.2, 0.25) is 5.02 Å². The molecule has 0 atom stereocenters. The number of hydrogen-bond acceptors (Lipinski definition) is 6. The third-order valence-corrected chi connectivity index (χ3v) is 4.24. The summed E-state index contributed by atoms with van der Waals surface area (Å²) >= 11 is 5.72. The van der Waals surface area contributed by atoms with Gasteiger partial charge in [-0.25, -0.2) is 4.98 Å². The van der Waals surface area contributed by atoms with Gasteiger partial charge in [0.25, 0.3) is 11.6 Å². The molecule has 1 aromatic heterocycles. The Morgan fingerprint density at radius 2 is 2.04 bits per heavy atom. The van der Waals surface area contributed by atoms with Crippen molar-refractivity contribution in [1.82, 2.24) is 9.55 Å². The summed E-state index contributed by atoms with van der Waals surface area (Å²) < 4.78 is 6.69. The highest BCUT2D eigenvalue weighted by atomic mass is 35.5. The van der Waals surface area contributed by atoms with Crippen LogP contribution in [0, 0.1) is 17.0 Å². The highest BCUT2D eigenvalue weighted by molar-refractivity contribution is 6.32. The number of nitrogens with zero attached hydrogens (tertiary/aromatic N) is 3. The highest BCUT2D eigenvalue weighted by Crippen LogP contribution is 2.27. The number of para-hydroxylation sites is 2. The molecule has 1 heterocycles. The molecule has 0 fully saturated rings. The van der Waals surface area contributed by atoms with Gasteiger partial charge >= 0.3 is 5.97 Å². The van der Waals surface area contributed by atoms with Crippen LogP contribution in [0.15, 0.2) is 42.5 Å². The molecule has 0 aliphatic heterocycles. The molecule has 0 spiro atoms. The monoisotopic (exact) mass is 402 g/mol. The summed E-state index contributed by atoms with van der Waals surface area (Å²) in [6.07, 6.45) is 0. The minimum Gasteiger partial charge on any atom is -0.454 e. The molecule has 3 aromatic rings. The number of halogens is 1. The van der Waals surface area contributed by atoms with E-state index in [1.54, 1.807) is 11.5 Å². The van der Waals surface area contributed by atoms with E-state index in [2.05, 4.69) is 10.3 Å². The molecule has 0 bridgehead atoms. The summed E-state index contributed by atoms with van der Waals surface area (Å²) in [5, 5.41) is 13.3. The lowest BCUT2D eigenvalue weighted by Crippen LogP contribution is -2.23. The van der Waals surface area contributed by atoms with Crippen molar-refractivity contribution in [3.8, 4) is 0 Å². The molecule has 0 aliphatic rings. The first-order chi connectivity index (χ1) is 13.3. The van der Waals surface area contributed by atoms with Gasteiger partial charge in [0.1, 0.15) is 17.4 Å². The van der Waals surface area contributed by atoms with Crippen LogP contribution in [0.5, 0.6) is 0 Å². The van der Waals surface area contributed by atoms with Gasteiger partial charge in [-0.2, -0.15) is 0 Å². The van der Waals surface area contributed by atoms with E-state index in [9.17, 15) is 19.7 Å². The Kier molecular flexibility index (Phi) is 5.55. The van der Waals surface area contributed by atoms with Gasteiger partial charge in [-0.15, -0.1) is 0 Å². The lowest BCUT2D eigenvalue weighted by molar-refractivity contribution is -0.384. The van der Waals surface area contributed by atoms with Crippen molar-refractivity contribution in [2.45, 2.75) is 13.5 Å². The van der Waals surface area contributed by atoms with E-state index in [-0.39, 0.29) is 22.9 Å². The molecule has 28 heavy (non-hydrogen) atoms. The van der Waals surface area contributed by atoms with Crippen molar-refractivity contribution < 1.29 is 19.2 Å². The van der Waals surface area contributed by atoms with Gasteiger partial charge in [-0.05, 0) is 31.2 Å². The number of fused-ring (bicyclic) bond motifs is 1. The van der Waals surface area contributed by atoms with Gasteiger partial charge in [0, 0.05) is 11.8 Å². The number of ether oxygens (including phenoxy) is 1. The van der Waals surface area contributed by atoms with Crippen LogP contribution >= 0.6 is 11.6 Å². The quantitative estimate of drug-likeness (QED) is 0.384. The number of nitro benzene ring substituents is 1. The summed E-state index contributed by atoms with van der Waals surface area (Å²) in [5.74, 6) is -0.586. The second-order valence-electron chi connectivity index (χ2n) is 5.87. The maximum atomic E-state index is 12.1. The third-order valence-electron chi connectivity index (χ3n) is 3.92. The number of benzene rings is 2. The van der Waals surface area contributed by atoms with E-state index in [0.29, 0.717) is 5.82 Å². The Bertz CT molecular complexity index is 1080. The molecular weight excluding hydrogens is 388 g/mol. The van der Waals surface area contributed by atoms with Crippen molar-refractivity contribution in [2.75, 3.05) is 11.9 Å². The van der Waals surface area contributed by atoms with Crippen LogP contribution in [0.1, 0.15) is 5.82 Å². The normalized spacial score (nSPS) is 10.6. The zero-order chi connectivity index (χ0) is 20.3. The van der Waals surface area contributed by atoms with Crippen LogP contribution in [-0.4, -0.2) is 33.0 Å². The van der Waals surface area contributed by atoms with Crippen LogP contribution in [0.3, 0.4) is 0 Å². The summed E-state index contributed by atoms with van der Waals surface area (Å²) in [4.78, 5) is 38.6. The van der Waals surface area contributed by atoms with Crippen LogP contribution < -0.4 is 5.32 Å². The molecule has 0 saturated carbocycles. The molecule has 10 heteroatoms. The maximum absolute atomic E-state index is 12.1. The van der Waals surface area contributed by atoms with Crippen molar-refractivity contribution >= 4 is 45.9 Å². The fourth-order valence-corrected chi connectivity index (χ4v) is 2.83. The molecule has 0 saturated heterocycles. The van der Waals surface area contributed by atoms with Crippen LogP contribution in [-0.2, 0) is 20.9 Å². The molecule has 3 rings (SSSR count). The highest BCUT2D eigenvalue weighted by Gasteiger charge is 2.16. The van der Waals surface area contributed by atoms with E-state index in [1.165, 1.54) is 12.1 Å². The van der Waals surface area contributed by atoms with Gasteiger partial charge in [-0.1, -0.05) is 23.7 Å². The number of aromatic nitrogens is 2. The predicted octanol–water partition coefficient (Wildman–Crippen LogP) is 3.09. The van der Waals surface area contributed by atoms with E-state index in [1.807, 2.05) is 24.3 Å². The van der Waals surface area contributed by atoms with Gasteiger partial charge in [0.2, 0.25) is 0 Å². The number of rotatable bonds is 6. The fraction of sp³-hybridized carbons (Fsp3) is 0.167. The van der Waals surface area contributed by atoms with Crippen molar-refractivity contribution in [3.63, 3.8) is 0 Å². The number of aryl methyl sites for hydroxylation is 1. The van der Waals surface area contributed by atoms with E-state index in [4.69, 9.17) is 16.3 Å². The number of imidazole rings is 1. The lowest BCUT2D eigenvalue weighted by Gasteiger charge is -2.09. The van der Waals surface area contributed by atoms with Crippen molar-refractivity contribution in [3.05, 3.63) is 63.4 Å². The second kappa shape index (κ2) is 8.05. The standard InChI is InChI=1S/C18H15ClN4O5/c1-11-20-14-4-2-3-5-15(14)22(11)9-18(25)28-10-17(24)21-12-6-7-13(19)16(8-12)23(26)27/h2-8H,9-10H2,1H3,(H,21,24). The van der Waals surface area contributed by atoms with Gasteiger partial charge in [0.05, 0.1) is 16.0 Å². The Hall–Kier alpha value is -3.46. The minimum absolute atomic E-state index is 0.0441. The molecule has 144 valence electrons. The first kappa shape index (κ1) is 19.3. The van der Waals surface area contributed by atoms with Crippen LogP contribution in [0.25, 0.3) is 11.0 Å². The van der Waals surface area contributed by atoms with Crippen molar-refractivity contribution in [1.29, 1.82) is 0 Å². The molecule has 1 amide bonds. The Morgan fingerprint density at radius 1 is 1.29 bits per heavy atom. The summed E-state index contributed by atoms with van der Waals surface area (Å²) in [5.41, 5.74) is 1.39. The number of amides is 1. The van der Waals surface area contributed by atoms with Gasteiger partial charge < -0.3 is 14.6 Å². The average Bonchev–Trinajstić information content (AvgIpc) is 2.97. The second-order valence-corrected chi connectivity index (χ2v) is 6.27. The van der Waals surface area contributed by atoms with Gasteiger partial charge in [-0.3, -0.25) is 19.7 Å². The lowest BCUT2D eigenvalue weighted by atomic mass is 10.3. The minimum atomic E-state index is -0.657. The SMILES string of the molecule is Cc1nc2ccccc2n1CC(=O)OCC(=O)Nc1ccc(Cl)c([N+](=O)[O-])c1. The Labute approximate surface area is 164 Å².